The van der Waals surface area contributed by atoms with Gasteiger partial charge in [-0.2, -0.15) is 4.39 Å². The van der Waals surface area contributed by atoms with Crippen LogP contribution in [0.4, 0.5) is 4.39 Å². The number of hydrogen-bond acceptors (Lipinski definition) is 1. The van der Waals surface area contributed by atoms with Crippen LogP contribution in [0.3, 0.4) is 0 Å². The van der Waals surface area contributed by atoms with E-state index in [-0.39, 0.29) is 5.13 Å². The van der Waals surface area contributed by atoms with Crippen LogP contribution in [-0.2, 0) is 0 Å². The van der Waals surface area contributed by atoms with Crippen molar-refractivity contribution in [3.63, 3.8) is 0 Å². The second-order valence-electron chi connectivity index (χ2n) is 2.50. The second kappa shape index (κ2) is 2.31. The topological polar surface area (TPSA) is 0 Å². The lowest BCUT2D eigenvalue weighted by Gasteiger charge is -1.86. The molecule has 0 aliphatic heterocycles. The molecule has 0 radical (unpaired) electrons. The lowest BCUT2D eigenvalue weighted by molar-refractivity contribution is 0.650. The van der Waals surface area contributed by atoms with Crippen LogP contribution in [0.15, 0.2) is 24.3 Å². The summed E-state index contributed by atoms with van der Waals surface area (Å²) < 4.78 is 14.0. The van der Waals surface area contributed by atoms with Gasteiger partial charge in [0.25, 0.3) is 0 Å². The average molecular weight is 166 g/mol. The minimum Gasteiger partial charge on any atom is -0.195 e. The standard InChI is InChI=1S/C9H7FS/c1-6-7-4-2-3-5-8(7)11-9(6)10/h2-5H,1H3. The molecule has 0 spiro atoms. The fourth-order valence-electron chi connectivity index (χ4n) is 1.14. The molecule has 0 saturated carbocycles. The summed E-state index contributed by atoms with van der Waals surface area (Å²) in [4.78, 5) is 0. The molecule has 0 nitrogen and oxygen atoms in total. The quantitative estimate of drug-likeness (QED) is 0.563. The molecule has 56 valence electrons. The van der Waals surface area contributed by atoms with Crippen LogP contribution in [0.2, 0.25) is 0 Å². The molecule has 1 heterocycles. The first-order chi connectivity index (χ1) is 5.29. The first-order valence-electron chi connectivity index (χ1n) is 3.42. The first kappa shape index (κ1) is 6.80. The van der Waals surface area contributed by atoms with Crippen molar-refractivity contribution < 1.29 is 4.39 Å². The van der Waals surface area contributed by atoms with Crippen molar-refractivity contribution in [1.82, 2.24) is 0 Å². The third-order valence-corrected chi connectivity index (χ3v) is 2.85. The van der Waals surface area contributed by atoms with E-state index in [4.69, 9.17) is 0 Å². The molecule has 1 aromatic heterocycles. The summed E-state index contributed by atoms with van der Waals surface area (Å²) in [7, 11) is 0. The van der Waals surface area contributed by atoms with E-state index in [1.54, 1.807) is 0 Å². The lowest BCUT2D eigenvalue weighted by Crippen LogP contribution is -1.69. The average Bonchev–Trinajstić information content (AvgIpc) is 2.30. The van der Waals surface area contributed by atoms with E-state index < -0.39 is 0 Å². The zero-order chi connectivity index (χ0) is 7.84. The molecule has 0 amide bonds. The summed E-state index contributed by atoms with van der Waals surface area (Å²) in [6.07, 6.45) is 0. The highest BCUT2D eigenvalue weighted by Gasteiger charge is 2.05. The Labute approximate surface area is 68.3 Å². The lowest BCUT2D eigenvalue weighted by atomic mass is 10.2. The van der Waals surface area contributed by atoms with Crippen LogP contribution < -0.4 is 0 Å². The Balaban J connectivity index is 2.92. The number of rotatable bonds is 0. The Bertz CT molecular complexity index is 389. The van der Waals surface area contributed by atoms with E-state index in [0.717, 1.165) is 15.6 Å². The maximum atomic E-state index is 13.0. The van der Waals surface area contributed by atoms with Gasteiger partial charge in [0.15, 0.2) is 5.13 Å². The van der Waals surface area contributed by atoms with E-state index in [0.29, 0.717) is 0 Å². The van der Waals surface area contributed by atoms with Crippen molar-refractivity contribution in [2.24, 2.45) is 0 Å². The predicted molar refractivity (Wildman–Crippen MR) is 46.5 cm³/mol. The zero-order valence-electron chi connectivity index (χ0n) is 6.10. The summed E-state index contributed by atoms with van der Waals surface area (Å²) in [6, 6.07) is 7.75. The van der Waals surface area contributed by atoms with Crippen LogP contribution in [-0.4, -0.2) is 0 Å². The number of thiophene rings is 1. The summed E-state index contributed by atoms with van der Waals surface area (Å²) in [6.45, 7) is 1.81. The van der Waals surface area contributed by atoms with Crippen LogP contribution in [0.25, 0.3) is 10.1 Å². The number of hydrogen-bond donors (Lipinski definition) is 0. The molecule has 0 aliphatic carbocycles. The normalized spacial score (nSPS) is 10.7. The summed E-state index contributed by atoms with van der Waals surface area (Å²) in [5, 5.41) is 0.973. The monoisotopic (exact) mass is 166 g/mol. The molecule has 0 atom stereocenters. The predicted octanol–water partition coefficient (Wildman–Crippen LogP) is 3.35. The Kier molecular flexibility index (Phi) is 1.43. The van der Waals surface area contributed by atoms with E-state index in [1.807, 2.05) is 31.2 Å². The maximum absolute atomic E-state index is 13.0. The van der Waals surface area contributed by atoms with E-state index in [9.17, 15) is 4.39 Å². The molecule has 2 rings (SSSR count). The van der Waals surface area contributed by atoms with Gasteiger partial charge in [0.1, 0.15) is 0 Å². The van der Waals surface area contributed by atoms with Crippen molar-refractivity contribution in [2.45, 2.75) is 6.92 Å². The molecular weight excluding hydrogens is 159 g/mol. The number of aryl methyl sites for hydroxylation is 1. The van der Waals surface area contributed by atoms with Crippen LogP contribution in [0.1, 0.15) is 5.56 Å². The highest BCUT2D eigenvalue weighted by molar-refractivity contribution is 7.17. The number of halogens is 1. The van der Waals surface area contributed by atoms with Gasteiger partial charge in [-0.3, -0.25) is 0 Å². The van der Waals surface area contributed by atoms with Crippen LogP contribution in [0.5, 0.6) is 0 Å². The van der Waals surface area contributed by atoms with Crippen molar-refractivity contribution in [3.05, 3.63) is 35.0 Å². The van der Waals surface area contributed by atoms with Gasteiger partial charge < -0.3 is 0 Å². The highest BCUT2D eigenvalue weighted by atomic mass is 32.1. The maximum Gasteiger partial charge on any atom is 0.180 e. The molecular formula is C9H7FS. The summed E-state index contributed by atoms with van der Waals surface area (Å²) in [5.74, 6) is 0. The van der Waals surface area contributed by atoms with Gasteiger partial charge in [0, 0.05) is 10.3 Å². The Morgan fingerprint density at radius 2 is 2.00 bits per heavy atom. The number of fused-ring (bicyclic) bond motifs is 1. The third-order valence-electron chi connectivity index (χ3n) is 1.79. The molecule has 1 aromatic carbocycles. The first-order valence-corrected chi connectivity index (χ1v) is 4.24. The van der Waals surface area contributed by atoms with Gasteiger partial charge in [-0.25, -0.2) is 0 Å². The summed E-state index contributed by atoms with van der Waals surface area (Å²) in [5.41, 5.74) is 0.769. The van der Waals surface area contributed by atoms with Gasteiger partial charge in [-0.1, -0.05) is 18.2 Å². The molecule has 0 N–H and O–H groups in total. The molecule has 2 aromatic rings. The minimum absolute atomic E-state index is 0.0637. The summed E-state index contributed by atoms with van der Waals surface area (Å²) >= 11 is 1.21. The second-order valence-corrected chi connectivity index (χ2v) is 3.50. The Morgan fingerprint density at radius 3 is 2.73 bits per heavy atom. The number of benzene rings is 1. The van der Waals surface area contributed by atoms with Crippen molar-refractivity contribution >= 4 is 21.4 Å². The van der Waals surface area contributed by atoms with Crippen LogP contribution >= 0.6 is 11.3 Å². The zero-order valence-corrected chi connectivity index (χ0v) is 6.91. The molecule has 0 saturated heterocycles. The van der Waals surface area contributed by atoms with E-state index in [2.05, 4.69) is 0 Å². The minimum atomic E-state index is -0.0637. The van der Waals surface area contributed by atoms with E-state index >= 15 is 0 Å². The van der Waals surface area contributed by atoms with Gasteiger partial charge in [0.05, 0.1) is 0 Å². The van der Waals surface area contributed by atoms with Gasteiger partial charge in [-0.15, -0.1) is 11.3 Å². The van der Waals surface area contributed by atoms with Crippen molar-refractivity contribution in [3.8, 4) is 0 Å². The largest absolute Gasteiger partial charge is 0.195 e. The van der Waals surface area contributed by atoms with Crippen LogP contribution in [0, 0.1) is 12.1 Å². The molecule has 0 fully saturated rings. The molecule has 0 unspecified atom stereocenters. The Hall–Kier alpha value is -0.890. The van der Waals surface area contributed by atoms with Crippen molar-refractivity contribution in [2.75, 3.05) is 0 Å². The van der Waals surface area contributed by atoms with Gasteiger partial charge in [0.2, 0.25) is 0 Å². The van der Waals surface area contributed by atoms with Gasteiger partial charge >= 0.3 is 0 Å². The highest BCUT2D eigenvalue weighted by Crippen LogP contribution is 2.28. The molecule has 0 aliphatic rings. The SMILES string of the molecule is Cc1c(F)sc2ccccc12. The molecule has 0 bridgehead atoms. The van der Waals surface area contributed by atoms with Crippen molar-refractivity contribution in [1.29, 1.82) is 0 Å². The fraction of sp³-hybridized carbons (Fsp3) is 0.111. The molecule has 2 heteroatoms. The van der Waals surface area contributed by atoms with Gasteiger partial charge in [-0.05, 0) is 18.4 Å². The Morgan fingerprint density at radius 1 is 1.27 bits per heavy atom. The smallest absolute Gasteiger partial charge is 0.180 e. The fourth-order valence-corrected chi connectivity index (χ4v) is 2.08. The third kappa shape index (κ3) is 0.942. The molecule has 11 heavy (non-hydrogen) atoms. The van der Waals surface area contributed by atoms with E-state index in [1.165, 1.54) is 11.3 Å².